The second kappa shape index (κ2) is 7.66. The molecule has 142 valence electrons. The average Bonchev–Trinajstić information content (AvgIpc) is 3.20. The van der Waals surface area contributed by atoms with Crippen molar-refractivity contribution in [1.29, 1.82) is 0 Å². The van der Waals surface area contributed by atoms with Crippen LogP contribution in [0.3, 0.4) is 0 Å². The molecule has 7 heteroatoms. The molecule has 0 radical (unpaired) electrons. The van der Waals surface area contributed by atoms with Crippen LogP contribution in [0.25, 0.3) is 28.0 Å². The third kappa shape index (κ3) is 3.52. The number of aryl methyl sites for hydroxylation is 1. The van der Waals surface area contributed by atoms with E-state index >= 15 is 0 Å². The van der Waals surface area contributed by atoms with Gasteiger partial charge in [-0.05, 0) is 42.8 Å². The molecule has 2 heterocycles. The number of aromatic hydroxyl groups is 1. The number of hydrogen-bond acceptors (Lipinski definition) is 6. The highest BCUT2D eigenvalue weighted by molar-refractivity contribution is 5.86. The molecule has 0 aliphatic heterocycles. The van der Waals surface area contributed by atoms with E-state index in [-0.39, 0.29) is 5.75 Å². The summed E-state index contributed by atoms with van der Waals surface area (Å²) in [7, 11) is 1.64. The Bertz CT molecular complexity index is 1120. The van der Waals surface area contributed by atoms with Crippen molar-refractivity contribution < 1.29 is 14.6 Å². The quantitative estimate of drug-likeness (QED) is 0.519. The number of fused-ring (bicyclic) bond motifs is 1. The molecule has 0 bridgehead atoms. The van der Waals surface area contributed by atoms with Crippen molar-refractivity contribution in [2.45, 2.75) is 6.92 Å². The van der Waals surface area contributed by atoms with E-state index in [4.69, 9.17) is 14.5 Å². The number of methoxy groups -OCH3 is 1. The van der Waals surface area contributed by atoms with Gasteiger partial charge in [0, 0.05) is 12.5 Å². The number of benzene rings is 2. The van der Waals surface area contributed by atoms with Crippen LogP contribution in [0.2, 0.25) is 0 Å². The van der Waals surface area contributed by atoms with E-state index < -0.39 is 0 Å². The van der Waals surface area contributed by atoms with Crippen molar-refractivity contribution in [3.8, 4) is 28.6 Å². The van der Waals surface area contributed by atoms with Gasteiger partial charge in [0.15, 0.2) is 0 Å². The number of rotatable bonds is 6. The molecule has 0 atom stereocenters. The molecule has 0 aliphatic rings. The fraction of sp³-hybridized carbons (Fsp3) is 0.190. The van der Waals surface area contributed by atoms with Gasteiger partial charge in [0.2, 0.25) is 0 Å². The smallest absolute Gasteiger partial charge is 0.145 e. The average molecular weight is 376 g/mol. The monoisotopic (exact) mass is 376 g/mol. The molecule has 0 unspecified atom stereocenters. The highest BCUT2D eigenvalue weighted by Crippen LogP contribution is 2.27. The molecular weight excluding hydrogens is 356 g/mol. The zero-order valence-electron chi connectivity index (χ0n) is 15.7. The van der Waals surface area contributed by atoms with Gasteiger partial charge in [-0.15, -0.1) is 5.10 Å². The van der Waals surface area contributed by atoms with Gasteiger partial charge in [0.25, 0.3) is 0 Å². The minimum absolute atomic E-state index is 0.251. The fourth-order valence-electron chi connectivity index (χ4n) is 2.90. The van der Waals surface area contributed by atoms with Crippen molar-refractivity contribution in [2.75, 3.05) is 20.3 Å². The zero-order valence-corrected chi connectivity index (χ0v) is 15.7. The molecule has 4 rings (SSSR count). The summed E-state index contributed by atoms with van der Waals surface area (Å²) >= 11 is 0. The Hall–Kier alpha value is -3.45. The molecule has 2 aromatic heterocycles. The van der Waals surface area contributed by atoms with Crippen LogP contribution >= 0.6 is 0 Å². The van der Waals surface area contributed by atoms with Crippen LogP contribution < -0.4 is 4.74 Å². The van der Waals surface area contributed by atoms with Crippen LogP contribution in [0, 0.1) is 6.92 Å². The largest absolute Gasteiger partial charge is 0.508 e. The first-order chi connectivity index (χ1) is 13.7. The Morgan fingerprint density at radius 1 is 1.04 bits per heavy atom. The molecule has 0 spiro atoms. The van der Waals surface area contributed by atoms with Gasteiger partial charge >= 0.3 is 0 Å². The molecule has 7 nitrogen and oxygen atoms in total. The summed E-state index contributed by atoms with van der Waals surface area (Å²) in [6, 6.07) is 15.0. The van der Waals surface area contributed by atoms with E-state index in [2.05, 4.69) is 10.3 Å². The van der Waals surface area contributed by atoms with Gasteiger partial charge in [-0.2, -0.15) is 0 Å². The number of phenols is 1. The Morgan fingerprint density at radius 2 is 1.93 bits per heavy atom. The summed E-state index contributed by atoms with van der Waals surface area (Å²) in [5.41, 5.74) is 3.72. The summed E-state index contributed by atoms with van der Waals surface area (Å²) in [4.78, 5) is 4.74. The molecular formula is C21H20N4O3. The summed E-state index contributed by atoms with van der Waals surface area (Å²) in [5, 5.41) is 19.1. The van der Waals surface area contributed by atoms with Gasteiger partial charge in [-0.3, -0.25) is 0 Å². The van der Waals surface area contributed by atoms with Crippen LogP contribution in [-0.4, -0.2) is 45.4 Å². The van der Waals surface area contributed by atoms with Crippen molar-refractivity contribution >= 4 is 10.9 Å². The first-order valence-corrected chi connectivity index (χ1v) is 8.90. The van der Waals surface area contributed by atoms with Gasteiger partial charge < -0.3 is 14.6 Å². The highest BCUT2D eigenvalue weighted by Gasteiger charge is 2.11. The molecule has 0 amide bonds. The topological polar surface area (TPSA) is 82.3 Å². The van der Waals surface area contributed by atoms with Crippen LogP contribution in [0.5, 0.6) is 11.5 Å². The Balaban J connectivity index is 1.68. The standard InChI is InChI=1S/C21H20N4O3/c1-14-12-16(7-9-19(14)26)25-13-18(23-24-25)17-8-6-15-4-3-5-20(21(15)22-17)28-11-10-27-2/h3-9,12-13,26H,10-11H2,1-2H3. The highest BCUT2D eigenvalue weighted by atomic mass is 16.5. The summed E-state index contributed by atoms with van der Waals surface area (Å²) in [5.74, 6) is 0.958. The lowest BCUT2D eigenvalue weighted by atomic mass is 10.1. The lowest BCUT2D eigenvalue weighted by molar-refractivity contribution is 0.147. The van der Waals surface area contributed by atoms with Gasteiger partial charge in [0.05, 0.1) is 24.2 Å². The van der Waals surface area contributed by atoms with Gasteiger partial charge in [-0.1, -0.05) is 23.4 Å². The Labute approximate surface area is 162 Å². The minimum atomic E-state index is 0.251. The summed E-state index contributed by atoms with van der Waals surface area (Å²) in [6.07, 6.45) is 1.81. The first kappa shape index (κ1) is 17.9. The second-order valence-electron chi connectivity index (χ2n) is 6.38. The maximum Gasteiger partial charge on any atom is 0.145 e. The SMILES string of the molecule is COCCOc1cccc2ccc(-c3cn(-c4ccc(O)c(C)c4)nn3)nc12. The number of ether oxygens (including phenoxy) is 2. The maximum atomic E-state index is 9.70. The molecule has 1 N–H and O–H groups in total. The van der Waals surface area contributed by atoms with Crippen molar-refractivity contribution in [1.82, 2.24) is 20.0 Å². The van der Waals surface area contributed by atoms with Crippen LogP contribution in [0.4, 0.5) is 0 Å². The number of para-hydroxylation sites is 1. The molecule has 4 aromatic rings. The number of phenolic OH excluding ortho intramolecular Hbond substituents is 1. The van der Waals surface area contributed by atoms with E-state index in [0.717, 1.165) is 22.2 Å². The predicted octanol–water partition coefficient (Wildman–Crippen LogP) is 3.52. The third-order valence-corrected chi connectivity index (χ3v) is 4.43. The van der Waals surface area contributed by atoms with Crippen molar-refractivity contribution in [2.24, 2.45) is 0 Å². The lowest BCUT2D eigenvalue weighted by Gasteiger charge is -2.09. The molecule has 2 aromatic carbocycles. The minimum Gasteiger partial charge on any atom is -0.508 e. The third-order valence-electron chi connectivity index (χ3n) is 4.43. The van der Waals surface area contributed by atoms with Crippen molar-refractivity contribution in [3.05, 3.63) is 60.3 Å². The predicted molar refractivity (Wildman–Crippen MR) is 106 cm³/mol. The van der Waals surface area contributed by atoms with Crippen LogP contribution in [0.1, 0.15) is 5.56 Å². The molecule has 0 fully saturated rings. The van der Waals surface area contributed by atoms with E-state index in [0.29, 0.717) is 30.4 Å². The summed E-state index contributed by atoms with van der Waals surface area (Å²) < 4.78 is 12.5. The zero-order chi connectivity index (χ0) is 19.5. The van der Waals surface area contributed by atoms with Crippen LogP contribution in [0.15, 0.2) is 54.7 Å². The Morgan fingerprint density at radius 3 is 2.75 bits per heavy atom. The number of pyridine rings is 1. The van der Waals surface area contributed by atoms with E-state index in [9.17, 15) is 5.11 Å². The first-order valence-electron chi connectivity index (χ1n) is 8.90. The normalized spacial score (nSPS) is 11.1. The maximum absolute atomic E-state index is 9.70. The van der Waals surface area contributed by atoms with Gasteiger partial charge in [-0.25, -0.2) is 9.67 Å². The molecule has 0 aliphatic carbocycles. The van der Waals surface area contributed by atoms with E-state index in [1.165, 1.54) is 0 Å². The van der Waals surface area contributed by atoms with E-state index in [1.54, 1.807) is 23.9 Å². The number of hydrogen-bond donors (Lipinski definition) is 1. The molecule has 28 heavy (non-hydrogen) atoms. The second-order valence-corrected chi connectivity index (χ2v) is 6.38. The Kier molecular flexibility index (Phi) is 4.90. The molecule has 0 saturated carbocycles. The molecule has 0 saturated heterocycles. The fourth-order valence-corrected chi connectivity index (χ4v) is 2.90. The lowest BCUT2D eigenvalue weighted by Crippen LogP contribution is -2.04. The summed E-state index contributed by atoms with van der Waals surface area (Å²) in [6.45, 7) is 2.81. The van der Waals surface area contributed by atoms with Gasteiger partial charge in [0.1, 0.15) is 29.3 Å². The van der Waals surface area contributed by atoms with Crippen molar-refractivity contribution in [3.63, 3.8) is 0 Å². The van der Waals surface area contributed by atoms with E-state index in [1.807, 2.05) is 49.5 Å². The number of nitrogens with zero attached hydrogens (tertiary/aromatic N) is 4. The van der Waals surface area contributed by atoms with Crippen LogP contribution in [-0.2, 0) is 4.74 Å². The number of aromatic nitrogens is 4.